The van der Waals surface area contributed by atoms with Crippen LogP contribution in [0.25, 0.3) is 0 Å². The lowest BCUT2D eigenvalue weighted by molar-refractivity contribution is 0.0950. The van der Waals surface area contributed by atoms with Crippen LogP contribution in [0, 0.1) is 5.92 Å². The van der Waals surface area contributed by atoms with Gasteiger partial charge < -0.3 is 5.32 Å². The molecule has 0 aromatic heterocycles. The molecule has 0 radical (unpaired) electrons. The molecule has 1 heterocycles. The van der Waals surface area contributed by atoms with Crippen LogP contribution in [-0.4, -0.2) is 30.4 Å². The molecule has 3 heteroatoms. The third kappa shape index (κ3) is 5.34. The Kier molecular flexibility index (Phi) is 6.71. The molecule has 1 amide bonds. The molecule has 1 N–H and O–H groups in total. The summed E-state index contributed by atoms with van der Waals surface area (Å²) >= 11 is 0. The Hall–Kier alpha value is -1.35. The van der Waals surface area contributed by atoms with Gasteiger partial charge >= 0.3 is 0 Å². The molecule has 1 saturated heterocycles. The monoisotopic (exact) mass is 328 g/mol. The van der Waals surface area contributed by atoms with E-state index in [2.05, 4.69) is 22.3 Å². The fourth-order valence-electron chi connectivity index (χ4n) is 4.10. The van der Waals surface area contributed by atoms with Gasteiger partial charge in [0.15, 0.2) is 0 Å². The van der Waals surface area contributed by atoms with Crippen LogP contribution in [-0.2, 0) is 6.54 Å². The largest absolute Gasteiger partial charge is 0.352 e. The summed E-state index contributed by atoms with van der Waals surface area (Å²) in [4.78, 5) is 14.8. The van der Waals surface area contributed by atoms with Crippen LogP contribution in [0.2, 0.25) is 0 Å². The number of hydrogen-bond acceptors (Lipinski definition) is 2. The number of carbonyl (C=O) groups excluding carboxylic acids is 1. The van der Waals surface area contributed by atoms with Gasteiger partial charge in [0.05, 0.1) is 0 Å². The van der Waals surface area contributed by atoms with Gasteiger partial charge in [-0.2, -0.15) is 0 Å². The average Bonchev–Trinajstić information content (AvgIpc) is 2.64. The molecule has 2 aliphatic rings. The van der Waals surface area contributed by atoms with Crippen molar-refractivity contribution in [3.63, 3.8) is 0 Å². The molecule has 0 spiro atoms. The molecule has 0 bridgehead atoms. The molecule has 0 unspecified atom stereocenters. The number of amides is 1. The van der Waals surface area contributed by atoms with Gasteiger partial charge in [-0.25, -0.2) is 0 Å². The summed E-state index contributed by atoms with van der Waals surface area (Å²) in [5.41, 5.74) is 2.11. The number of carbonyl (C=O) groups is 1. The van der Waals surface area contributed by atoms with Gasteiger partial charge in [-0.15, -0.1) is 0 Å². The maximum absolute atomic E-state index is 12.3. The molecule has 0 atom stereocenters. The van der Waals surface area contributed by atoms with Crippen LogP contribution in [0.5, 0.6) is 0 Å². The minimum atomic E-state index is 0.0790. The second-order valence-electron chi connectivity index (χ2n) is 7.58. The molecular weight excluding hydrogens is 296 g/mol. The first-order valence-electron chi connectivity index (χ1n) is 9.91. The van der Waals surface area contributed by atoms with Gasteiger partial charge in [-0.3, -0.25) is 9.69 Å². The molecular formula is C21H32N2O. The Morgan fingerprint density at radius 3 is 2.33 bits per heavy atom. The number of hydrogen-bond donors (Lipinski definition) is 1. The summed E-state index contributed by atoms with van der Waals surface area (Å²) in [6, 6.07) is 8.19. The summed E-state index contributed by atoms with van der Waals surface area (Å²) in [6.07, 6.45) is 12.0. The number of likely N-dealkylation sites (tertiary alicyclic amines) is 1. The van der Waals surface area contributed by atoms with Crippen molar-refractivity contribution in [1.82, 2.24) is 10.2 Å². The number of benzene rings is 1. The van der Waals surface area contributed by atoms with Crippen molar-refractivity contribution in [3.05, 3.63) is 35.4 Å². The number of rotatable bonds is 6. The molecule has 3 nitrogen and oxygen atoms in total. The first kappa shape index (κ1) is 17.5. The maximum Gasteiger partial charge on any atom is 0.251 e. The second kappa shape index (κ2) is 9.22. The fraction of sp³-hybridized carbons (Fsp3) is 0.667. The Labute approximate surface area is 146 Å². The lowest BCUT2D eigenvalue weighted by Gasteiger charge is -2.26. The van der Waals surface area contributed by atoms with Crippen molar-refractivity contribution in [2.45, 2.75) is 64.3 Å². The van der Waals surface area contributed by atoms with Crippen LogP contribution in [0.1, 0.15) is 73.7 Å². The fourth-order valence-corrected chi connectivity index (χ4v) is 4.10. The third-order valence-corrected chi connectivity index (χ3v) is 5.63. The molecule has 24 heavy (non-hydrogen) atoms. The van der Waals surface area contributed by atoms with Crippen molar-refractivity contribution >= 4 is 5.91 Å². The van der Waals surface area contributed by atoms with E-state index < -0.39 is 0 Å². The zero-order valence-corrected chi connectivity index (χ0v) is 14.9. The number of nitrogens with zero attached hydrogens (tertiary/aromatic N) is 1. The van der Waals surface area contributed by atoms with E-state index in [4.69, 9.17) is 0 Å². The van der Waals surface area contributed by atoms with Crippen LogP contribution in [0.3, 0.4) is 0 Å². The zero-order valence-electron chi connectivity index (χ0n) is 14.9. The van der Waals surface area contributed by atoms with E-state index in [0.29, 0.717) is 0 Å². The Morgan fingerprint density at radius 2 is 1.62 bits per heavy atom. The Balaban J connectivity index is 1.41. The molecule has 1 aromatic rings. The molecule has 3 rings (SSSR count). The second-order valence-corrected chi connectivity index (χ2v) is 7.58. The maximum atomic E-state index is 12.3. The highest BCUT2D eigenvalue weighted by Crippen LogP contribution is 2.25. The van der Waals surface area contributed by atoms with Crippen molar-refractivity contribution in [1.29, 1.82) is 0 Å². The quantitative estimate of drug-likeness (QED) is 0.841. The van der Waals surface area contributed by atoms with E-state index in [0.717, 1.165) is 31.0 Å². The van der Waals surface area contributed by atoms with Crippen LogP contribution >= 0.6 is 0 Å². The highest BCUT2D eigenvalue weighted by Gasteiger charge is 2.14. The summed E-state index contributed by atoms with van der Waals surface area (Å²) < 4.78 is 0. The van der Waals surface area contributed by atoms with Crippen LogP contribution in [0.4, 0.5) is 0 Å². The van der Waals surface area contributed by atoms with Gasteiger partial charge in [0.2, 0.25) is 0 Å². The molecule has 1 aliphatic heterocycles. The molecule has 1 aliphatic carbocycles. The summed E-state index contributed by atoms with van der Waals surface area (Å²) in [6.45, 7) is 4.26. The summed E-state index contributed by atoms with van der Waals surface area (Å²) in [5, 5.41) is 3.10. The zero-order chi connectivity index (χ0) is 16.6. The Bertz CT molecular complexity index is 499. The first-order valence-corrected chi connectivity index (χ1v) is 9.91. The van der Waals surface area contributed by atoms with E-state index in [1.54, 1.807) is 0 Å². The minimum absolute atomic E-state index is 0.0790. The average molecular weight is 329 g/mol. The standard InChI is InChI=1S/C21H32N2O/c24-21(22-14-13-18-7-3-1-4-8-18)20-11-9-19(10-12-20)17-23-15-5-2-6-16-23/h9-12,18H,1-8,13-17H2,(H,22,24). The smallest absolute Gasteiger partial charge is 0.251 e. The van der Waals surface area contributed by atoms with Crippen molar-refractivity contribution in [2.24, 2.45) is 5.92 Å². The topological polar surface area (TPSA) is 32.3 Å². The predicted molar refractivity (Wildman–Crippen MR) is 99.1 cm³/mol. The highest BCUT2D eigenvalue weighted by molar-refractivity contribution is 5.94. The number of nitrogens with one attached hydrogen (secondary N) is 1. The SMILES string of the molecule is O=C(NCCC1CCCCC1)c1ccc(CN2CCCCC2)cc1. The molecule has 1 saturated carbocycles. The lowest BCUT2D eigenvalue weighted by Crippen LogP contribution is -2.29. The minimum Gasteiger partial charge on any atom is -0.352 e. The third-order valence-electron chi connectivity index (χ3n) is 5.63. The van der Waals surface area contributed by atoms with E-state index in [1.165, 1.54) is 70.0 Å². The van der Waals surface area contributed by atoms with Crippen molar-refractivity contribution in [3.8, 4) is 0 Å². The van der Waals surface area contributed by atoms with Crippen LogP contribution in [0.15, 0.2) is 24.3 Å². The van der Waals surface area contributed by atoms with E-state index in [1.807, 2.05) is 12.1 Å². The first-order chi connectivity index (χ1) is 11.8. The highest BCUT2D eigenvalue weighted by atomic mass is 16.1. The van der Waals surface area contributed by atoms with Gasteiger partial charge in [0.25, 0.3) is 5.91 Å². The van der Waals surface area contributed by atoms with Gasteiger partial charge in [0.1, 0.15) is 0 Å². The lowest BCUT2D eigenvalue weighted by atomic mass is 9.87. The summed E-state index contributed by atoms with van der Waals surface area (Å²) in [5.74, 6) is 0.904. The molecule has 2 fully saturated rings. The van der Waals surface area contributed by atoms with Gasteiger partial charge in [0, 0.05) is 18.7 Å². The number of piperidine rings is 1. The predicted octanol–water partition coefficient (Wildman–Crippen LogP) is 4.37. The van der Waals surface area contributed by atoms with E-state index in [9.17, 15) is 4.79 Å². The van der Waals surface area contributed by atoms with Gasteiger partial charge in [-0.1, -0.05) is 50.7 Å². The molecule has 1 aromatic carbocycles. The Morgan fingerprint density at radius 1 is 0.958 bits per heavy atom. The normalized spacial score (nSPS) is 20.0. The van der Waals surface area contributed by atoms with Crippen molar-refractivity contribution in [2.75, 3.05) is 19.6 Å². The van der Waals surface area contributed by atoms with Gasteiger partial charge in [-0.05, 0) is 56.0 Å². The van der Waals surface area contributed by atoms with E-state index in [-0.39, 0.29) is 5.91 Å². The molecule has 132 valence electrons. The van der Waals surface area contributed by atoms with E-state index >= 15 is 0 Å². The van der Waals surface area contributed by atoms with Crippen molar-refractivity contribution < 1.29 is 4.79 Å². The van der Waals surface area contributed by atoms with Crippen LogP contribution < -0.4 is 5.32 Å². The summed E-state index contributed by atoms with van der Waals surface area (Å²) in [7, 11) is 0.